The second-order valence-electron chi connectivity index (χ2n) is 7.17. The van der Waals surface area contributed by atoms with Crippen molar-refractivity contribution in [1.29, 1.82) is 0 Å². The van der Waals surface area contributed by atoms with Crippen molar-refractivity contribution in [2.45, 2.75) is 39.2 Å². The van der Waals surface area contributed by atoms with Gasteiger partial charge in [0.15, 0.2) is 0 Å². The Hall–Kier alpha value is -3.48. The molecule has 4 rings (SSSR count). The smallest absolute Gasteiger partial charge is 0.343 e. The van der Waals surface area contributed by atoms with Gasteiger partial charge in [0.1, 0.15) is 11.6 Å². The number of hydrogen-bond acceptors (Lipinski definition) is 6. The number of esters is 2. The maximum Gasteiger partial charge on any atom is 0.343 e. The van der Waals surface area contributed by atoms with Gasteiger partial charge in [0.2, 0.25) is 0 Å². The zero-order chi connectivity index (χ0) is 21.1. The fraction of sp³-hybridized carbons (Fsp3) is 0.304. The van der Waals surface area contributed by atoms with Crippen LogP contribution >= 0.6 is 0 Å². The first-order valence-electron chi connectivity index (χ1n) is 10.1. The Morgan fingerprint density at radius 1 is 1.03 bits per heavy atom. The van der Waals surface area contributed by atoms with Crippen molar-refractivity contribution >= 4 is 22.8 Å². The lowest BCUT2D eigenvalue weighted by Gasteiger charge is -2.11. The standard InChI is InChI=1S/C23H22N2O5/c1-2-29-22(27)15-7-6-8-17(13-15)30-23(28)16-10-11-18-19(14-16)24-20-9-4-3-5-12-25(20)21(18)26/h6-8,10-11,13-14H,2-5,9,12H2,1H3. The number of aryl methyl sites for hydroxylation is 1. The van der Waals surface area contributed by atoms with E-state index in [-0.39, 0.29) is 23.5 Å². The van der Waals surface area contributed by atoms with E-state index in [0.29, 0.717) is 23.0 Å². The Labute approximate surface area is 173 Å². The highest BCUT2D eigenvalue weighted by atomic mass is 16.5. The summed E-state index contributed by atoms with van der Waals surface area (Å²) in [4.78, 5) is 42.0. The fourth-order valence-corrected chi connectivity index (χ4v) is 3.61. The van der Waals surface area contributed by atoms with Gasteiger partial charge < -0.3 is 9.47 Å². The third-order valence-corrected chi connectivity index (χ3v) is 5.11. The van der Waals surface area contributed by atoms with E-state index >= 15 is 0 Å². The minimum absolute atomic E-state index is 0.0704. The molecule has 1 aliphatic rings. The zero-order valence-electron chi connectivity index (χ0n) is 16.7. The molecule has 0 unspecified atom stereocenters. The summed E-state index contributed by atoms with van der Waals surface area (Å²) >= 11 is 0. The molecule has 30 heavy (non-hydrogen) atoms. The molecule has 0 aliphatic carbocycles. The number of aromatic nitrogens is 2. The quantitative estimate of drug-likeness (QED) is 0.487. The molecule has 0 bridgehead atoms. The van der Waals surface area contributed by atoms with Crippen molar-refractivity contribution in [2.24, 2.45) is 0 Å². The summed E-state index contributed by atoms with van der Waals surface area (Å²) < 4.78 is 12.1. The molecule has 0 N–H and O–H groups in total. The normalized spacial score (nSPS) is 13.4. The molecule has 1 aromatic heterocycles. The van der Waals surface area contributed by atoms with E-state index in [4.69, 9.17) is 9.47 Å². The van der Waals surface area contributed by atoms with Crippen LogP contribution in [0.5, 0.6) is 5.75 Å². The molecule has 154 valence electrons. The van der Waals surface area contributed by atoms with Crippen LogP contribution < -0.4 is 10.3 Å². The topological polar surface area (TPSA) is 87.5 Å². The maximum atomic E-state index is 12.8. The first kappa shape index (κ1) is 19.8. The second-order valence-corrected chi connectivity index (χ2v) is 7.17. The molecule has 3 aromatic rings. The van der Waals surface area contributed by atoms with Crippen LogP contribution in [0.2, 0.25) is 0 Å². The molecule has 0 amide bonds. The Kier molecular flexibility index (Phi) is 5.61. The predicted octanol–water partition coefficient (Wildman–Crippen LogP) is 3.52. The van der Waals surface area contributed by atoms with Crippen LogP contribution in [0.15, 0.2) is 47.3 Å². The first-order chi connectivity index (χ1) is 14.6. The SMILES string of the molecule is CCOC(=O)c1cccc(OC(=O)c2ccc3c(=O)n4c(nc3c2)CCCCC4)c1. The number of fused-ring (bicyclic) bond motifs is 2. The molecular formula is C23H22N2O5. The van der Waals surface area contributed by atoms with Gasteiger partial charge in [0.05, 0.1) is 28.6 Å². The van der Waals surface area contributed by atoms with E-state index in [1.807, 2.05) is 0 Å². The van der Waals surface area contributed by atoms with Crippen LogP contribution in [-0.2, 0) is 17.7 Å². The molecule has 1 aliphatic heterocycles. The average Bonchev–Trinajstić information content (AvgIpc) is 2.99. The molecule has 0 saturated heterocycles. The van der Waals surface area contributed by atoms with Gasteiger partial charge in [-0.15, -0.1) is 0 Å². The van der Waals surface area contributed by atoms with E-state index in [9.17, 15) is 14.4 Å². The third-order valence-electron chi connectivity index (χ3n) is 5.11. The maximum absolute atomic E-state index is 12.8. The zero-order valence-corrected chi connectivity index (χ0v) is 16.7. The molecule has 0 fully saturated rings. The Bertz CT molecular complexity index is 1180. The minimum atomic E-state index is -0.588. The number of carbonyl (C=O) groups excluding carboxylic acids is 2. The number of ether oxygens (including phenoxy) is 2. The first-order valence-corrected chi connectivity index (χ1v) is 10.1. The Balaban J connectivity index is 1.62. The number of benzene rings is 2. The molecule has 2 aromatic carbocycles. The molecule has 0 atom stereocenters. The Morgan fingerprint density at radius 3 is 2.70 bits per heavy atom. The van der Waals surface area contributed by atoms with Crippen LogP contribution in [0.1, 0.15) is 52.7 Å². The average molecular weight is 406 g/mol. The minimum Gasteiger partial charge on any atom is -0.462 e. The van der Waals surface area contributed by atoms with E-state index in [1.165, 1.54) is 6.07 Å². The van der Waals surface area contributed by atoms with Crippen molar-refractivity contribution in [3.8, 4) is 5.75 Å². The highest BCUT2D eigenvalue weighted by Gasteiger charge is 2.17. The lowest BCUT2D eigenvalue weighted by molar-refractivity contribution is 0.0524. The van der Waals surface area contributed by atoms with Crippen LogP contribution in [0, 0.1) is 0 Å². The van der Waals surface area contributed by atoms with Gasteiger partial charge in [-0.25, -0.2) is 14.6 Å². The van der Waals surface area contributed by atoms with Crippen molar-refractivity contribution in [2.75, 3.05) is 6.61 Å². The molecule has 0 radical (unpaired) electrons. The van der Waals surface area contributed by atoms with E-state index in [2.05, 4.69) is 4.98 Å². The van der Waals surface area contributed by atoms with E-state index in [0.717, 1.165) is 31.5 Å². The molecule has 2 heterocycles. The monoisotopic (exact) mass is 406 g/mol. The molecule has 7 heteroatoms. The molecule has 7 nitrogen and oxygen atoms in total. The van der Waals surface area contributed by atoms with Crippen LogP contribution in [0.3, 0.4) is 0 Å². The summed E-state index contributed by atoms with van der Waals surface area (Å²) in [5, 5.41) is 0.488. The molecular weight excluding hydrogens is 384 g/mol. The van der Waals surface area contributed by atoms with Gasteiger partial charge >= 0.3 is 11.9 Å². The van der Waals surface area contributed by atoms with E-state index < -0.39 is 11.9 Å². The van der Waals surface area contributed by atoms with Gasteiger partial charge in [-0.2, -0.15) is 0 Å². The van der Waals surface area contributed by atoms with Crippen molar-refractivity contribution in [1.82, 2.24) is 9.55 Å². The second kappa shape index (κ2) is 8.49. The van der Waals surface area contributed by atoms with Crippen LogP contribution in [0.4, 0.5) is 0 Å². The number of hydrogen-bond donors (Lipinski definition) is 0. The summed E-state index contributed by atoms with van der Waals surface area (Å²) in [6.45, 7) is 2.66. The fourth-order valence-electron chi connectivity index (χ4n) is 3.61. The molecule has 0 spiro atoms. The number of nitrogens with zero attached hydrogens (tertiary/aromatic N) is 2. The highest BCUT2D eigenvalue weighted by Crippen LogP contribution is 2.19. The van der Waals surface area contributed by atoms with Gasteiger partial charge in [0.25, 0.3) is 5.56 Å². The van der Waals surface area contributed by atoms with Crippen LogP contribution in [0.25, 0.3) is 10.9 Å². The van der Waals surface area contributed by atoms with Gasteiger partial charge in [0, 0.05) is 13.0 Å². The van der Waals surface area contributed by atoms with Gasteiger partial charge in [-0.05, 0) is 56.2 Å². The van der Waals surface area contributed by atoms with Gasteiger partial charge in [-0.1, -0.05) is 12.5 Å². The van der Waals surface area contributed by atoms with Crippen molar-refractivity contribution in [3.63, 3.8) is 0 Å². The largest absolute Gasteiger partial charge is 0.462 e. The number of rotatable bonds is 4. The summed E-state index contributed by atoms with van der Waals surface area (Å²) in [6.07, 6.45) is 3.79. The Morgan fingerprint density at radius 2 is 1.87 bits per heavy atom. The lowest BCUT2D eigenvalue weighted by atomic mass is 10.1. The van der Waals surface area contributed by atoms with Crippen LogP contribution in [-0.4, -0.2) is 28.1 Å². The third kappa shape index (κ3) is 3.96. The predicted molar refractivity (Wildman–Crippen MR) is 111 cm³/mol. The summed E-state index contributed by atoms with van der Waals surface area (Å²) in [5.41, 5.74) is 1.01. The van der Waals surface area contributed by atoms with E-state index in [1.54, 1.807) is 47.9 Å². The summed E-state index contributed by atoms with van der Waals surface area (Å²) in [5.74, 6) is -0.0699. The molecule has 0 saturated carbocycles. The highest BCUT2D eigenvalue weighted by molar-refractivity contribution is 5.95. The number of carbonyl (C=O) groups is 2. The van der Waals surface area contributed by atoms with Crippen molar-refractivity contribution in [3.05, 3.63) is 69.8 Å². The lowest BCUT2D eigenvalue weighted by Crippen LogP contribution is -2.24. The summed E-state index contributed by atoms with van der Waals surface area (Å²) in [7, 11) is 0. The van der Waals surface area contributed by atoms with Gasteiger partial charge in [-0.3, -0.25) is 9.36 Å². The van der Waals surface area contributed by atoms with Crippen molar-refractivity contribution < 1.29 is 19.1 Å². The summed E-state index contributed by atoms with van der Waals surface area (Å²) in [6, 6.07) is 11.0.